The number of phenols is 1. The molecule has 0 spiro atoms. The largest absolute Gasteiger partial charge is 0.504 e. The zero-order valence-electron chi connectivity index (χ0n) is 16.8. The number of methoxy groups -OCH3 is 1. The quantitative estimate of drug-likeness (QED) is 0.555. The average Bonchev–Trinajstić information content (AvgIpc) is 3.25. The molecule has 8 nitrogen and oxygen atoms in total. The molecule has 2 heterocycles. The van der Waals surface area contributed by atoms with E-state index in [9.17, 15) is 10.4 Å². The van der Waals surface area contributed by atoms with Crippen molar-refractivity contribution in [2.24, 2.45) is 0 Å². The zero-order chi connectivity index (χ0) is 21.8. The predicted octanol–water partition coefficient (Wildman–Crippen LogP) is 3.64. The molecule has 4 rings (SSSR count). The Labute approximate surface area is 188 Å². The van der Waals surface area contributed by atoms with Crippen molar-refractivity contribution in [1.29, 1.82) is 5.26 Å². The van der Waals surface area contributed by atoms with Crippen molar-refractivity contribution < 1.29 is 14.6 Å². The van der Waals surface area contributed by atoms with Gasteiger partial charge in [0, 0.05) is 17.6 Å². The van der Waals surface area contributed by atoms with E-state index < -0.39 is 0 Å². The van der Waals surface area contributed by atoms with Crippen LogP contribution < -0.4 is 9.64 Å². The molecule has 1 aliphatic rings. The third-order valence-corrected chi connectivity index (χ3v) is 5.60. The molecule has 0 aliphatic carbocycles. The standard InChI is InChI=1S/C22H20BrN5O3/c1-30-20-13-18(23)15(12-19(20)29)11-16(14-24)21-25-26-22(27-7-9-31-10-8-27)28(21)17-5-3-2-4-6-17/h2-6,11-13,29H,7-10H2,1H3/b16-11+. The van der Waals surface area contributed by atoms with E-state index in [1.165, 1.54) is 13.2 Å². The van der Waals surface area contributed by atoms with Gasteiger partial charge >= 0.3 is 0 Å². The Morgan fingerprint density at radius 1 is 1.23 bits per heavy atom. The number of aromatic hydroxyl groups is 1. The van der Waals surface area contributed by atoms with Gasteiger partial charge in [0.25, 0.3) is 0 Å². The fourth-order valence-corrected chi connectivity index (χ4v) is 3.81. The van der Waals surface area contributed by atoms with Crippen LogP contribution in [0.25, 0.3) is 17.3 Å². The molecule has 0 amide bonds. The van der Waals surface area contributed by atoms with Crippen LogP contribution in [0.2, 0.25) is 0 Å². The van der Waals surface area contributed by atoms with E-state index in [0.29, 0.717) is 59.4 Å². The second kappa shape index (κ2) is 9.20. The number of nitriles is 1. The summed E-state index contributed by atoms with van der Waals surface area (Å²) in [5.41, 5.74) is 1.77. The van der Waals surface area contributed by atoms with Crippen LogP contribution in [-0.2, 0) is 4.74 Å². The summed E-state index contributed by atoms with van der Waals surface area (Å²) in [5.74, 6) is 1.39. The van der Waals surface area contributed by atoms with E-state index in [-0.39, 0.29) is 5.75 Å². The second-order valence-electron chi connectivity index (χ2n) is 6.81. The summed E-state index contributed by atoms with van der Waals surface area (Å²) >= 11 is 3.47. The van der Waals surface area contributed by atoms with Gasteiger partial charge in [0.05, 0.1) is 31.6 Å². The van der Waals surface area contributed by atoms with E-state index in [1.54, 1.807) is 12.1 Å². The van der Waals surface area contributed by atoms with Crippen LogP contribution in [0.5, 0.6) is 11.5 Å². The highest BCUT2D eigenvalue weighted by Crippen LogP contribution is 2.35. The molecule has 9 heteroatoms. The minimum Gasteiger partial charge on any atom is -0.504 e. The van der Waals surface area contributed by atoms with E-state index in [2.05, 4.69) is 37.1 Å². The number of ether oxygens (including phenoxy) is 2. The summed E-state index contributed by atoms with van der Waals surface area (Å²) in [7, 11) is 1.48. The van der Waals surface area contributed by atoms with Gasteiger partial charge in [0.2, 0.25) is 5.95 Å². The molecule has 3 aromatic rings. The van der Waals surface area contributed by atoms with Gasteiger partial charge < -0.3 is 19.5 Å². The fourth-order valence-electron chi connectivity index (χ4n) is 3.37. The average molecular weight is 482 g/mol. The molecule has 0 bridgehead atoms. The van der Waals surface area contributed by atoms with Crippen LogP contribution in [0.15, 0.2) is 46.9 Å². The molecule has 158 valence electrons. The maximum Gasteiger partial charge on any atom is 0.232 e. The smallest absolute Gasteiger partial charge is 0.232 e. The first-order valence-electron chi connectivity index (χ1n) is 9.64. The van der Waals surface area contributed by atoms with E-state index in [0.717, 1.165) is 5.69 Å². The number of rotatable bonds is 5. The number of halogens is 1. The molecule has 0 unspecified atom stereocenters. The van der Waals surface area contributed by atoms with Crippen molar-refractivity contribution in [1.82, 2.24) is 14.8 Å². The lowest BCUT2D eigenvalue weighted by Gasteiger charge is -2.28. The number of aromatic nitrogens is 3. The molecule has 0 radical (unpaired) electrons. The Bertz CT molecular complexity index is 1150. The lowest BCUT2D eigenvalue weighted by Crippen LogP contribution is -2.38. The first-order valence-corrected chi connectivity index (χ1v) is 10.4. The third kappa shape index (κ3) is 4.26. The van der Waals surface area contributed by atoms with Gasteiger partial charge in [-0.3, -0.25) is 4.57 Å². The van der Waals surface area contributed by atoms with Crippen molar-refractivity contribution in [3.8, 4) is 23.3 Å². The van der Waals surface area contributed by atoms with E-state index in [4.69, 9.17) is 9.47 Å². The number of allylic oxidation sites excluding steroid dienone is 1. The highest BCUT2D eigenvalue weighted by molar-refractivity contribution is 9.10. The van der Waals surface area contributed by atoms with Crippen LogP contribution in [0.4, 0.5) is 5.95 Å². The van der Waals surface area contributed by atoms with Crippen LogP contribution in [0.3, 0.4) is 0 Å². The fraction of sp³-hybridized carbons (Fsp3) is 0.227. The van der Waals surface area contributed by atoms with Crippen LogP contribution in [-0.4, -0.2) is 53.3 Å². The molecule has 1 N–H and O–H groups in total. The van der Waals surface area contributed by atoms with Gasteiger partial charge in [-0.25, -0.2) is 0 Å². The lowest BCUT2D eigenvalue weighted by molar-refractivity contribution is 0.122. The second-order valence-corrected chi connectivity index (χ2v) is 7.66. The topological polar surface area (TPSA) is 96.4 Å². The number of hydrogen-bond acceptors (Lipinski definition) is 7. The molecule has 1 aromatic heterocycles. The Morgan fingerprint density at radius 2 is 1.97 bits per heavy atom. The minimum atomic E-state index is -0.0206. The van der Waals surface area contributed by atoms with Gasteiger partial charge in [0.15, 0.2) is 17.3 Å². The molecular formula is C22H20BrN5O3. The van der Waals surface area contributed by atoms with Gasteiger partial charge in [-0.2, -0.15) is 5.26 Å². The first-order chi connectivity index (χ1) is 15.1. The normalized spacial score (nSPS) is 14.4. The molecule has 31 heavy (non-hydrogen) atoms. The predicted molar refractivity (Wildman–Crippen MR) is 120 cm³/mol. The van der Waals surface area contributed by atoms with Crippen molar-refractivity contribution in [2.45, 2.75) is 0 Å². The first kappa shape index (κ1) is 20.9. The van der Waals surface area contributed by atoms with Crippen LogP contribution in [0.1, 0.15) is 11.4 Å². The van der Waals surface area contributed by atoms with Gasteiger partial charge in [0.1, 0.15) is 6.07 Å². The lowest BCUT2D eigenvalue weighted by atomic mass is 10.1. The molecule has 0 saturated carbocycles. The van der Waals surface area contributed by atoms with Gasteiger partial charge in [-0.15, -0.1) is 10.2 Å². The minimum absolute atomic E-state index is 0.0206. The number of benzene rings is 2. The van der Waals surface area contributed by atoms with Crippen molar-refractivity contribution in [3.05, 3.63) is 58.3 Å². The summed E-state index contributed by atoms with van der Waals surface area (Å²) in [5, 5.41) is 28.9. The number of morpholine rings is 1. The van der Waals surface area contributed by atoms with Crippen molar-refractivity contribution >= 4 is 33.5 Å². The Hall–Kier alpha value is -3.35. The Balaban J connectivity index is 1.85. The number of hydrogen-bond donors (Lipinski definition) is 1. The van der Waals surface area contributed by atoms with Crippen molar-refractivity contribution in [3.63, 3.8) is 0 Å². The molecule has 1 saturated heterocycles. The van der Waals surface area contributed by atoms with Crippen LogP contribution >= 0.6 is 15.9 Å². The highest BCUT2D eigenvalue weighted by Gasteiger charge is 2.23. The highest BCUT2D eigenvalue weighted by atomic mass is 79.9. The molecule has 0 atom stereocenters. The Morgan fingerprint density at radius 3 is 2.65 bits per heavy atom. The number of anilines is 1. The molecule has 1 aliphatic heterocycles. The molecular weight excluding hydrogens is 462 g/mol. The summed E-state index contributed by atoms with van der Waals surface area (Å²) in [6.07, 6.45) is 1.66. The summed E-state index contributed by atoms with van der Waals surface area (Å²) < 4.78 is 13.1. The van der Waals surface area contributed by atoms with Crippen LogP contribution in [0, 0.1) is 11.3 Å². The summed E-state index contributed by atoms with van der Waals surface area (Å²) in [6, 6.07) is 15.1. The molecule has 1 fully saturated rings. The van der Waals surface area contributed by atoms with Gasteiger partial charge in [-0.1, -0.05) is 34.1 Å². The molecule has 2 aromatic carbocycles. The Kier molecular flexibility index (Phi) is 6.21. The summed E-state index contributed by atoms with van der Waals surface area (Å²) in [6.45, 7) is 2.59. The maximum absolute atomic E-state index is 10.2. The zero-order valence-corrected chi connectivity index (χ0v) is 18.4. The van der Waals surface area contributed by atoms with Crippen molar-refractivity contribution in [2.75, 3.05) is 38.3 Å². The third-order valence-electron chi connectivity index (χ3n) is 4.91. The number of nitrogens with zero attached hydrogens (tertiary/aromatic N) is 5. The van der Waals surface area contributed by atoms with Gasteiger partial charge in [-0.05, 0) is 35.9 Å². The van der Waals surface area contributed by atoms with E-state index >= 15 is 0 Å². The number of phenolic OH excluding ortho intramolecular Hbond substituents is 1. The summed E-state index contributed by atoms with van der Waals surface area (Å²) in [4.78, 5) is 2.09. The monoisotopic (exact) mass is 481 g/mol. The van der Waals surface area contributed by atoms with E-state index in [1.807, 2.05) is 34.9 Å². The maximum atomic E-state index is 10.2. The SMILES string of the molecule is COc1cc(Br)c(/C=C(\C#N)c2nnc(N3CCOCC3)n2-c2ccccc2)cc1O. The number of para-hydroxylation sites is 1.